The van der Waals surface area contributed by atoms with Crippen LogP contribution in [0.25, 0.3) is 0 Å². The minimum absolute atomic E-state index is 0.0382. The summed E-state index contributed by atoms with van der Waals surface area (Å²) in [4.78, 5) is 3.77. The van der Waals surface area contributed by atoms with E-state index in [0.29, 0.717) is 5.69 Å². The fraction of sp³-hybridized carbons (Fsp3) is 0.143. The molecule has 0 atom stereocenters. The molecule has 2 rings (SSSR count). The van der Waals surface area contributed by atoms with Crippen molar-refractivity contribution in [3.05, 3.63) is 18.5 Å². The highest BCUT2D eigenvalue weighted by molar-refractivity contribution is 7.90. The van der Waals surface area contributed by atoms with Gasteiger partial charge < -0.3 is 10.1 Å². The van der Waals surface area contributed by atoms with Crippen LogP contribution in [0, 0.1) is 0 Å². The third-order valence-electron chi connectivity index (χ3n) is 1.70. The molecule has 6 nitrogen and oxygen atoms in total. The van der Waals surface area contributed by atoms with Gasteiger partial charge in [-0.2, -0.15) is 8.42 Å². The van der Waals surface area contributed by atoms with Crippen molar-refractivity contribution in [1.29, 1.82) is 0 Å². The Morgan fingerprint density at radius 2 is 2.29 bits per heavy atom. The number of anilines is 1. The van der Waals surface area contributed by atoms with Crippen LogP contribution in [-0.2, 0) is 14.8 Å². The minimum atomic E-state index is -3.67. The number of pyridine rings is 1. The molecule has 0 amide bonds. The van der Waals surface area contributed by atoms with Gasteiger partial charge in [-0.1, -0.05) is 0 Å². The Labute approximate surface area is 80.7 Å². The number of nitrogens with zero attached hydrogens (tertiary/aromatic N) is 2. The van der Waals surface area contributed by atoms with Gasteiger partial charge >= 0.3 is 6.02 Å². The molecule has 0 fully saturated rings. The average Bonchev–Trinajstić information content (AvgIpc) is 2.17. The molecule has 0 saturated heterocycles. The van der Waals surface area contributed by atoms with Crippen LogP contribution in [0.5, 0.6) is 0 Å². The van der Waals surface area contributed by atoms with Crippen molar-refractivity contribution in [1.82, 2.24) is 4.98 Å². The van der Waals surface area contributed by atoms with Gasteiger partial charge in [0.1, 0.15) is 4.90 Å². The molecular weight excluding hydrogens is 206 g/mol. The van der Waals surface area contributed by atoms with E-state index >= 15 is 0 Å². The Kier molecular flexibility index (Phi) is 1.88. The van der Waals surface area contributed by atoms with Gasteiger partial charge in [-0.05, 0) is 6.07 Å². The number of hydrogen-bond acceptors (Lipinski definition) is 5. The standard InChI is InChI=1S/C7H7N3O3S/c1-13-7-9-5-2-3-8-4-6(5)14(11,12)10-7/h2-4H,1H3,(H,9,10). The number of hydrogen-bond donors (Lipinski definition) is 1. The van der Waals surface area contributed by atoms with Crippen LogP contribution in [0.3, 0.4) is 0 Å². The Bertz CT molecular complexity index is 495. The van der Waals surface area contributed by atoms with Crippen LogP contribution < -0.4 is 5.32 Å². The van der Waals surface area contributed by atoms with Crippen molar-refractivity contribution in [3.63, 3.8) is 0 Å². The van der Waals surface area contributed by atoms with E-state index in [4.69, 9.17) is 4.74 Å². The maximum Gasteiger partial charge on any atom is 0.305 e. The Morgan fingerprint density at radius 1 is 1.50 bits per heavy atom. The zero-order chi connectivity index (χ0) is 10.2. The lowest BCUT2D eigenvalue weighted by Gasteiger charge is -2.15. The van der Waals surface area contributed by atoms with Crippen LogP contribution in [0.1, 0.15) is 0 Å². The molecule has 2 heterocycles. The largest absolute Gasteiger partial charge is 0.468 e. The maximum absolute atomic E-state index is 11.5. The van der Waals surface area contributed by atoms with Gasteiger partial charge in [0, 0.05) is 12.4 Å². The quantitative estimate of drug-likeness (QED) is 0.665. The van der Waals surface area contributed by atoms with Crippen molar-refractivity contribution in [2.75, 3.05) is 12.4 Å². The highest BCUT2D eigenvalue weighted by Gasteiger charge is 2.25. The highest BCUT2D eigenvalue weighted by atomic mass is 32.2. The summed E-state index contributed by atoms with van der Waals surface area (Å²) < 4.78 is 31.1. The number of rotatable bonds is 0. The van der Waals surface area contributed by atoms with Crippen LogP contribution in [0.15, 0.2) is 27.8 Å². The summed E-state index contributed by atoms with van der Waals surface area (Å²) in [5, 5.41) is 2.71. The van der Waals surface area contributed by atoms with Gasteiger partial charge in [-0.15, -0.1) is 4.40 Å². The number of aromatic nitrogens is 1. The smallest absolute Gasteiger partial charge is 0.305 e. The molecule has 0 aromatic carbocycles. The molecule has 1 N–H and O–H groups in total. The monoisotopic (exact) mass is 213 g/mol. The molecule has 0 spiro atoms. The van der Waals surface area contributed by atoms with E-state index in [2.05, 4.69) is 14.7 Å². The molecule has 0 unspecified atom stereocenters. The summed E-state index contributed by atoms with van der Waals surface area (Å²) in [5.41, 5.74) is 0.423. The predicted octanol–water partition coefficient (Wildman–Crippen LogP) is 0.198. The number of sulfonamides is 1. The predicted molar refractivity (Wildman–Crippen MR) is 49.5 cm³/mol. The molecular formula is C7H7N3O3S. The summed E-state index contributed by atoms with van der Waals surface area (Å²) >= 11 is 0. The molecule has 7 heteroatoms. The number of nitrogens with one attached hydrogen (secondary N) is 1. The fourth-order valence-corrected chi connectivity index (χ4v) is 2.10. The first-order valence-corrected chi connectivity index (χ1v) is 5.17. The second kappa shape index (κ2) is 2.95. The number of amidine groups is 1. The van der Waals surface area contributed by atoms with Crippen molar-refractivity contribution in [3.8, 4) is 0 Å². The van der Waals surface area contributed by atoms with Crippen molar-refractivity contribution in [2.24, 2.45) is 4.40 Å². The average molecular weight is 213 g/mol. The molecule has 74 valence electrons. The zero-order valence-electron chi connectivity index (χ0n) is 7.26. The van der Waals surface area contributed by atoms with Crippen LogP contribution in [0.2, 0.25) is 0 Å². The van der Waals surface area contributed by atoms with E-state index in [1.807, 2.05) is 0 Å². The highest BCUT2D eigenvalue weighted by Crippen LogP contribution is 2.25. The summed E-state index contributed by atoms with van der Waals surface area (Å²) in [6, 6.07) is 1.50. The first-order chi connectivity index (χ1) is 6.63. The third kappa shape index (κ3) is 1.31. The summed E-state index contributed by atoms with van der Waals surface area (Å²) in [7, 11) is -2.32. The molecule has 1 aliphatic rings. The fourth-order valence-electron chi connectivity index (χ4n) is 1.07. The van der Waals surface area contributed by atoms with Crippen LogP contribution in [0.4, 0.5) is 5.69 Å². The first-order valence-electron chi connectivity index (χ1n) is 3.73. The van der Waals surface area contributed by atoms with E-state index in [-0.39, 0.29) is 10.9 Å². The second-order valence-electron chi connectivity index (χ2n) is 2.57. The Balaban J connectivity index is 2.63. The first kappa shape index (κ1) is 8.95. The van der Waals surface area contributed by atoms with Gasteiger partial charge in [0.2, 0.25) is 0 Å². The second-order valence-corrected chi connectivity index (χ2v) is 4.14. The van der Waals surface area contributed by atoms with Crippen LogP contribution in [-0.4, -0.2) is 26.5 Å². The van der Waals surface area contributed by atoms with Crippen molar-refractivity contribution < 1.29 is 13.2 Å². The molecule has 0 radical (unpaired) electrons. The van der Waals surface area contributed by atoms with E-state index < -0.39 is 10.0 Å². The van der Waals surface area contributed by atoms with Gasteiger partial charge in [0.15, 0.2) is 0 Å². The summed E-state index contributed by atoms with van der Waals surface area (Å²) in [5.74, 6) is 0. The minimum Gasteiger partial charge on any atom is -0.468 e. The molecule has 0 aliphatic carbocycles. The van der Waals surface area contributed by atoms with Crippen molar-refractivity contribution >= 4 is 21.7 Å². The molecule has 1 aromatic heterocycles. The van der Waals surface area contributed by atoms with Gasteiger partial charge in [0.25, 0.3) is 10.0 Å². The van der Waals surface area contributed by atoms with Crippen molar-refractivity contribution in [2.45, 2.75) is 4.90 Å². The van der Waals surface area contributed by atoms with Gasteiger partial charge in [-0.3, -0.25) is 4.98 Å². The summed E-state index contributed by atoms with van der Waals surface area (Å²) in [6.07, 6.45) is 2.73. The summed E-state index contributed by atoms with van der Waals surface area (Å²) in [6.45, 7) is 0. The number of methoxy groups -OCH3 is 1. The molecule has 0 bridgehead atoms. The molecule has 14 heavy (non-hydrogen) atoms. The SMILES string of the molecule is COC1=NS(=O)(=O)c2cnccc2N1. The maximum atomic E-state index is 11.5. The molecule has 0 saturated carbocycles. The number of fused-ring (bicyclic) bond motifs is 1. The van der Waals surface area contributed by atoms with E-state index in [9.17, 15) is 8.42 Å². The molecule has 1 aliphatic heterocycles. The van der Waals surface area contributed by atoms with E-state index in [1.54, 1.807) is 6.07 Å². The normalized spacial score (nSPS) is 17.6. The molecule has 1 aromatic rings. The Hall–Kier alpha value is -1.63. The van der Waals surface area contributed by atoms with Gasteiger partial charge in [0.05, 0.1) is 12.8 Å². The topological polar surface area (TPSA) is 80.7 Å². The van der Waals surface area contributed by atoms with Crippen LogP contribution >= 0.6 is 0 Å². The van der Waals surface area contributed by atoms with E-state index in [0.717, 1.165) is 0 Å². The van der Waals surface area contributed by atoms with Gasteiger partial charge in [-0.25, -0.2) is 0 Å². The Morgan fingerprint density at radius 3 is 3.00 bits per heavy atom. The zero-order valence-corrected chi connectivity index (χ0v) is 8.08. The lowest BCUT2D eigenvalue weighted by atomic mass is 10.4. The lowest BCUT2D eigenvalue weighted by molar-refractivity contribution is 0.402. The number of ether oxygens (including phenoxy) is 1. The third-order valence-corrected chi connectivity index (χ3v) is 2.99. The van der Waals surface area contributed by atoms with E-state index in [1.165, 1.54) is 19.5 Å². The lowest BCUT2D eigenvalue weighted by Crippen LogP contribution is -2.22.